The minimum atomic E-state index is 0.427. The highest BCUT2D eigenvalue weighted by molar-refractivity contribution is 5.77. The largest absolute Gasteiger partial charge is 0.419 e. The summed E-state index contributed by atoms with van der Waals surface area (Å²) in [6.07, 6.45) is 1.03. The maximum absolute atomic E-state index is 9.01. The van der Waals surface area contributed by atoms with Crippen LogP contribution in [0.4, 0.5) is 5.69 Å². The zero-order chi connectivity index (χ0) is 22.6. The van der Waals surface area contributed by atoms with Crippen molar-refractivity contribution in [3.8, 4) is 28.8 Å². The van der Waals surface area contributed by atoms with Crippen LogP contribution in [0.1, 0.15) is 23.6 Å². The predicted molar refractivity (Wildman–Crippen MR) is 123 cm³/mol. The number of nitrogens with zero attached hydrogens (tertiary/aromatic N) is 6. The van der Waals surface area contributed by atoms with Crippen LogP contribution in [0.15, 0.2) is 63.5 Å². The van der Waals surface area contributed by atoms with E-state index >= 15 is 0 Å². The summed E-state index contributed by atoms with van der Waals surface area (Å²) in [6.45, 7) is 6.16. The summed E-state index contributed by atoms with van der Waals surface area (Å²) >= 11 is 0. The van der Waals surface area contributed by atoms with Gasteiger partial charge in [-0.3, -0.25) is 4.90 Å². The molecule has 0 atom stereocenters. The van der Waals surface area contributed by atoms with Crippen LogP contribution in [0.5, 0.6) is 0 Å². The molecule has 8 nitrogen and oxygen atoms in total. The Morgan fingerprint density at radius 1 is 0.970 bits per heavy atom. The second-order valence-electron chi connectivity index (χ2n) is 8.10. The van der Waals surface area contributed by atoms with Crippen molar-refractivity contribution in [1.29, 1.82) is 5.26 Å². The van der Waals surface area contributed by atoms with Crippen LogP contribution in [0.3, 0.4) is 0 Å². The van der Waals surface area contributed by atoms with Crippen LogP contribution in [0.2, 0.25) is 0 Å². The Morgan fingerprint density at radius 3 is 2.58 bits per heavy atom. The summed E-state index contributed by atoms with van der Waals surface area (Å²) < 4.78 is 11.5. The second-order valence-corrected chi connectivity index (χ2v) is 8.10. The minimum absolute atomic E-state index is 0.427. The molecule has 2 aromatic carbocycles. The van der Waals surface area contributed by atoms with Gasteiger partial charge in [0, 0.05) is 37.4 Å². The number of aryl methyl sites for hydroxylation is 1. The Bertz CT molecular complexity index is 1260. The molecule has 5 rings (SSSR count). The van der Waals surface area contributed by atoms with Gasteiger partial charge in [0.25, 0.3) is 5.89 Å². The highest BCUT2D eigenvalue weighted by atomic mass is 16.5. The normalized spacial score (nSPS) is 14.7. The Balaban J connectivity index is 1.27. The molecule has 2 aromatic heterocycles. The Kier molecular flexibility index (Phi) is 5.87. The summed E-state index contributed by atoms with van der Waals surface area (Å²) in [4.78, 5) is 4.69. The van der Waals surface area contributed by atoms with E-state index in [1.165, 1.54) is 0 Å². The maximum atomic E-state index is 9.01. The van der Waals surface area contributed by atoms with Gasteiger partial charge in [0.2, 0.25) is 5.89 Å². The fourth-order valence-corrected chi connectivity index (χ4v) is 4.16. The standard InChI is InChI=1S/C25H24N6O2/c1-18-23(24(29-33-18)20-6-3-2-4-7-20)25-28-27-22(32-25)17-30-12-5-13-31(15-14-30)21-10-8-19(16-26)9-11-21/h2-4,6-11H,5,12-15,17H2,1H3. The molecule has 0 unspecified atom stereocenters. The first kappa shape index (κ1) is 20.9. The molecule has 0 saturated carbocycles. The van der Waals surface area contributed by atoms with Crippen molar-refractivity contribution in [1.82, 2.24) is 20.3 Å². The van der Waals surface area contributed by atoms with Crippen LogP contribution in [-0.2, 0) is 6.54 Å². The van der Waals surface area contributed by atoms with Crippen molar-refractivity contribution in [3.05, 3.63) is 71.8 Å². The van der Waals surface area contributed by atoms with Gasteiger partial charge < -0.3 is 13.8 Å². The maximum Gasteiger partial charge on any atom is 0.253 e. The van der Waals surface area contributed by atoms with Crippen LogP contribution in [0.25, 0.3) is 22.7 Å². The summed E-state index contributed by atoms with van der Waals surface area (Å²) in [5.74, 6) is 1.66. The van der Waals surface area contributed by atoms with Gasteiger partial charge in [0.15, 0.2) is 0 Å². The molecule has 0 amide bonds. The van der Waals surface area contributed by atoms with E-state index < -0.39 is 0 Å². The molecule has 1 saturated heterocycles. The van der Waals surface area contributed by atoms with Gasteiger partial charge in [0.1, 0.15) is 17.0 Å². The SMILES string of the molecule is Cc1onc(-c2ccccc2)c1-c1nnc(CN2CCCN(c3ccc(C#N)cc3)CC2)o1. The molecule has 1 fully saturated rings. The van der Waals surface area contributed by atoms with E-state index in [9.17, 15) is 0 Å². The molecule has 166 valence electrons. The summed E-state index contributed by atoms with van der Waals surface area (Å²) in [5, 5.41) is 21.8. The van der Waals surface area contributed by atoms with Gasteiger partial charge in [-0.15, -0.1) is 10.2 Å². The number of hydrogen-bond acceptors (Lipinski definition) is 8. The topological polar surface area (TPSA) is 95.2 Å². The van der Waals surface area contributed by atoms with E-state index in [4.69, 9.17) is 14.2 Å². The van der Waals surface area contributed by atoms with Gasteiger partial charge >= 0.3 is 0 Å². The van der Waals surface area contributed by atoms with Crippen molar-refractivity contribution in [2.24, 2.45) is 0 Å². The average Bonchev–Trinajstić information content (AvgIpc) is 3.39. The lowest BCUT2D eigenvalue weighted by molar-refractivity contribution is 0.256. The molecule has 1 aliphatic rings. The minimum Gasteiger partial charge on any atom is -0.419 e. The number of nitriles is 1. The number of aromatic nitrogens is 3. The highest BCUT2D eigenvalue weighted by Gasteiger charge is 2.23. The van der Waals surface area contributed by atoms with Gasteiger partial charge in [0.05, 0.1) is 18.2 Å². The molecular weight excluding hydrogens is 416 g/mol. The summed E-state index contributed by atoms with van der Waals surface area (Å²) in [5.41, 5.74) is 4.21. The van der Waals surface area contributed by atoms with Crippen molar-refractivity contribution in [3.63, 3.8) is 0 Å². The molecule has 1 aliphatic heterocycles. The second kappa shape index (κ2) is 9.27. The number of hydrogen-bond donors (Lipinski definition) is 0. The van der Waals surface area contributed by atoms with Crippen LogP contribution in [-0.4, -0.2) is 46.4 Å². The monoisotopic (exact) mass is 440 g/mol. The lowest BCUT2D eigenvalue weighted by Crippen LogP contribution is -2.30. The van der Waals surface area contributed by atoms with Gasteiger partial charge in [-0.1, -0.05) is 35.5 Å². The number of benzene rings is 2. The molecule has 0 N–H and O–H groups in total. The molecule has 0 bridgehead atoms. The van der Waals surface area contributed by atoms with Gasteiger partial charge in [-0.25, -0.2) is 0 Å². The third kappa shape index (κ3) is 4.49. The van der Waals surface area contributed by atoms with E-state index in [1.807, 2.05) is 61.5 Å². The molecule has 0 spiro atoms. The number of anilines is 1. The number of rotatable bonds is 5. The van der Waals surface area contributed by atoms with E-state index in [-0.39, 0.29) is 0 Å². The molecule has 33 heavy (non-hydrogen) atoms. The molecule has 0 radical (unpaired) electrons. The van der Waals surface area contributed by atoms with Crippen molar-refractivity contribution in [2.75, 3.05) is 31.1 Å². The van der Waals surface area contributed by atoms with Crippen LogP contribution < -0.4 is 4.90 Å². The van der Waals surface area contributed by atoms with Gasteiger partial charge in [-0.2, -0.15) is 5.26 Å². The molecule has 3 heterocycles. The summed E-state index contributed by atoms with van der Waals surface area (Å²) in [7, 11) is 0. The lowest BCUT2D eigenvalue weighted by atomic mass is 10.1. The quantitative estimate of drug-likeness (QED) is 0.454. The molecule has 4 aromatic rings. The van der Waals surface area contributed by atoms with E-state index in [0.29, 0.717) is 35.3 Å². The zero-order valence-electron chi connectivity index (χ0n) is 18.4. The fraction of sp³-hybridized carbons (Fsp3) is 0.280. The Labute approximate surface area is 192 Å². The first-order valence-corrected chi connectivity index (χ1v) is 11.0. The average molecular weight is 441 g/mol. The first-order chi connectivity index (χ1) is 16.2. The third-order valence-corrected chi connectivity index (χ3v) is 5.90. The third-order valence-electron chi connectivity index (χ3n) is 5.90. The van der Waals surface area contributed by atoms with E-state index in [0.717, 1.165) is 49.4 Å². The molecule has 8 heteroatoms. The zero-order valence-corrected chi connectivity index (χ0v) is 18.4. The van der Waals surface area contributed by atoms with Crippen molar-refractivity contribution >= 4 is 5.69 Å². The van der Waals surface area contributed by atoms with Gasteiger partial charge in [-0.05, 0) is 37.6 Å². The fourth-order valence-electron chi connectivity index (χ4n) is 4.16. The smallest absolute Gasteiger partial charge is 0.253 e. The Hall–Kier alpha value is -3.96. The van der Waals surface area contributed by atoms with Crippen LogP contribution >= 0.6 is 0 Å². The summed E-state index contributed by atoms with van der Waals surface area (Å²) in [6, 6.07) is 19.8. The van der Waals surface area contributed by atoms with Crippen molar-refractivity contribution in [2.45, 2.75) is 19.9 Å². The lowest BCUT2D eigenvalue weighted by Gasteiger charge is -2.23. The van der Waals surface area contributed by atoms with E-state index in [2.05, 4.69) is 31.2 Å². The van der Waals surface area contributed by atoms with E-state index in [1.54, 1.807) is 0 Å². The van der Waals surface area contributed by atoms with Crippen molar-refractivity contribution < 1.29 is 8.94 Å². The molecular formula is C25H24N6O2. The predicted octanol–water partition coefficient (Wildman–Crippen LogP) is 4.28. The molecule has 0 aliphatic carbocycles. The Morgan fingerprint density at radius 2 is 1.79 bits per heavy atom. The first-order valence-electron chi connectivity index (χ1n) is 11.0. The highest BCUT2D eigenvalue weighted by Crippen LogP contribution is 2.33. The van der Waals surface area contributed by atoms with Crippen LogP contribution in [0, 0.1) is 18.3 Å².